The molecule has 116 valence electrons. The summed E-state index contributed by atoms with van der Waals surface area (Å²) in [5.74, 6) is 0. The Kier molecular flexibility index (Phi) is 5.23. The lowest BCUT2D eigenvalue weighted by Crippen LogP contribution is -2.54. The first kappa shape index (κ1) is 15.8. The van der Waals surface area contributed by atoms with E-state index in [0.717, 1.165) is 29.1 Å². The minimum absolute atomic E-state index is 0.240. The van der Waals surface area contributed by atoms with Gasteiger partial charge in [0.1, 0.15) is 0 Å². The minimum Gasteiger partial charge on any atom is -0.374 e. The van der Waals surface area contributed by atoms with Gasteiger partial charge < -0.3 is 10.1 Å². The molecule has 1 aromatic carbocycles. The van der Waals surface area contributed by atoms with E-state index in [1.54, 1.807) is 0 Å². The number of nitrogens with one attached hydrogen (secondary N) is 1. The Bertz CT molecular complexity index is 499. The minimum atomic E-state index is 0.240. The number of fused-ring (bicyclic) bond motifs is 1. The van der Waals surface area contributed by atoms with Crippen LogP contribution in [0.1, 0.15) is 18.4 Å². The van der Waals surface area contributed by atoms with Crippen molar-refractivity contribution in [1.82, 2.24) is 10.2 Å². The van der Waals surface area contributed by atoms with Crippen LogP contribution in [0.2, 0.25) is 5.02 Å². The third-order valence-electron chi connectivity index (χ3n) is 4.69. The summed E-state index contributed by atoms with van der Waals surface area (Å²) >= 11 is 9.81. The molecule has 3 unspecified atom stereocenters. The summed E-state index contributed by atoms with van der Waals surface area (Å²) in [6.07, 6.45) is 3.73. The Balaban J connectivity index is 1.67. The van der Waals surface area contributed by atoms with Crippen LogP contribution in [-0.2, 0) is 11.2 Å². The molecule has 0 spiro atoms. The molecule has 0 bridgehead atoms. The predicted octanol–water partition coefficient (Wildman–Crippen LogP) is 3.10. The van der Waals surface area contributed by atoms with Gasteiger partial charge in [0.25, 0.3) is 0 Å². The van der Waals surface area contributed by atoms with E-state index >= 15 is 0 Å². The van der Waals surface area contributed by atoms with E-state index in [1.165, 1.54) is 24.9 Å². The van der Waals surface area contributed by atoms with Gasteiger partial charge >= 0.3 is 0 Å². The number of hydrogen-bond donors (Lipinski definition) is 1. The smallest absolute Gasteiger partial charge is 0.0858 e. The molecule has 0 saturated carbocycles. The van der Waals surface area contributed by atoms with Crippen LogP contribution in [0.4, 0.5) is 0 Å². The highest BCUT2D eigenvalue weighted by Crippen LogP contribution is 2.27. The molecule has 0 radical (unpaired) electrons. The number of ether oxygens (including phenoxy) is 1. The third-order valence-corrected chi connectivity index (χ3v) is 5.54. The van der Waals surface area contributed by atoms with Gasteiger partial charge in [0, 0.05) is 28.1 Å². The third kappa shape index (κ3) is 3.62. The standard InChI is InChI=1S/C16H22BrClN2O/c1-19-15(7-11-4-5-12(17)8-14(11)18)16-9-20-6-2-3-13(20)10-21-16/h4-5,8,13,15-16,19H,2-3,6-7,9-10H2,1H3. The van der Waals surface area contributed by atoms with Gasteiger partial charge in [0.05, 0.1) is 12.7 Å². The molecule has 1 aromatic rings. The lowest BCUT2D eigenvalue weighted by atomic mass is 9.99. The average Bonchev–Trinajstić information content (AvgIpc) is 2.94. The summed E-state index contributed by atoms with van der Waals surface area (Å²) in [7, 11) is 2.01. The number of halogens is 2. The van der Waals surface area contributed by atoms with Gasteiger partial charge in [-0.2, -0.15) is 0 Å². The van der Waals surface area contributed by atoms with Crippen molar-refractivity contribution < 1.29 is 4.74 Å². The van der Waals surface area contributed by atoms with E-state index in [9.17, 15) is 0 Å². The van der Waals surface area contributed by atoms with Crippen molar-refractivity contribution in [3.8, 4) is 0 Å². The molecule has 2 aliphatic rings. The van der Waals surface area contributed by atoms with Crippen molar-refractivity contribution in [3.05, 3.63) is 33.3 Å². The summed E-state index contributed by atoms with van der Waals surface area (Å²) < 4.78 is 7.14. The number of nitrogens with zero attached hydrogens (tertiary/aromatic N) is 1. The number of rotatable bonds is 4. The molecule has 0 aromatic heterocycles. The van der Waals surface area contributed by atoms with Crippen molar-refractivity contribution >= 4 is 27.5 Å². The van der Waals surface area contributed by atoms with Crippen LogP contribution >= 0.6 is 27.5 Å². The lowest BCUT2D eigenvalue weighted by molar-refractivity contribution is -0.0634. The largest absolute Gasteiger partial charge is 0.374 e. The number of likely N-dealkylation sites (N-methyl/N-ethyl adjacent to an activating group) is 1. The van der Waals surface area contributed by atoms with E-state index in [2.05, 4.69) is 32.2 Å². The lowest BCUT2D eigenvalue weighted by Gasteiger charge is -2.39. The topological polar surface area (TPSA) is 24.5 Å². The fraction of sp³-hybridized carbons (Fsp3) is 0.625. The van der Waals surface area contributed by atoms with Crippen LogP contribution in [0.15, 0.2) is 22.7 Å². The first-order chi connectivity index (χ1) is 10.2. The van der Waals surface area contributed by atoms with E-state index < -0.39 is 0 Å². The monoisotopic (exact) mass is 372 g/mol. The fourth-order valence-corrected chi connectivity index (χ4v) is 4.18. The Morgan fingerprint density at radius 1 is 1.52 bits per heavy atom. The highest BCUT2D eigenvalue weighted by Gasteiger charge is 2.35. The van der Waals surface area contributed by atoms with Crippen LogP contribution in [-0.4, -0.2) is 49.8 Å². The first-order valence-corrected chi connectivity index (χ1v) is 8.81. The second kappa shape index (κ2) is 6.97. The summed E-state index contributed by atoms with van der Waals surface area (Å²) in [5.41, 5.74) is 1.17. The van der Waals surface area contributed by atoms with Crippen molar-refractivity contribution in [3.63, 3.8) is 0 Å². The van der Waals surface area contributed by atoms with Crippen LogP contribution in [0, 0.1) is 0 Å². The quantitative estimate of drug-likeness (QED) is 0.878. The Morgan fingerprint density at radius 2 is 2.38 bits per heavy atom. The molecule has 0 amide bonds. The molecule has 2 heterocycles. The van der Waals surface area contributed by atoms with E-state index in [1.807, 2.05) is 19.2 Å². The second-order valence-corrected chi connectivity index (χ2v) is 7.32. The summed E-state index contributed by atoms with van der Waals surface area (Å²) in [6.45, 7) is 3.13. The fourth-order valence-electron chi connectivity index (χ4n) is 3.43. The van der Waals surface area contributed by atoms with Crippen LogP contribution in [0.3, 0.4) is 0 Å². The van der Waals surface area contributed by atoms with Gasteiger partial charge in [-0.3, -0.25) is 4.90 Å². The van der Waals surface area contributed by atoms with Gasteiger partial charge in [-0.1, -0.05) is 33.6 Å². The Morgan fingerprint density at radius 3 is 3.14 bits per heavy atom. The van der Waals surface area contributed by atoms with Crippen molar-refractivity contribution in [1.29, 1.82) is 0 Å². The molecule has 2 fully saturated rings. The Hall–Kier alpha value is -0.130. The summed E-state index contributed by atoms with van der Waals surface area (Å²) in [6, 6.07) is 7.05. The summed E-state index contributed by atoms with van der Waals surface area (Å²) in [4.78, 5) is 2.59. The molecule has 3 nitrogen and oxygen atoms in total. The Labute approximate surface area is 140 Å². The normalized spacial score (nSPS) is 27.6. The molecule has 5 heteroatoms. The van der Waals surface area contributed by atoms with E-state index in [4.69, 9.17) is 16.3 Å². The molecule has 0 aliphatic carbocycles. The molecule has 2 aliphatic heterocycles. The maximum Gasteiger partial charge on any atom is 0.0858 e. The average molecular weight is 374 g/mol. The zero-order chi connectivity index (χ0) is 14.8. The van der Waals surface area contributed by atoms with Gasteiger partial charge in [0.2, 0.25) is 0 Å². The molecular weight excluding hydrogens is 352 g/mol. The van der Waals surface area contributed by atoms with Crippen LogP contribution in [0.5, 0.6) is 0 Å². The maximum atomic E-state index is 6.35. The first-order valence-electron chi connectivity index (χ1n) is 7.64. The highest BCUT2D eigenvalue weighted by atomic mass is 79.9. The highest BCUT2D eigenvalue weighted by molar-refractivity contribution is 9.10. The molecule has 1 N–H and O–H groups in total. The number of benzene rings is 1. The van der Waals surface area contributed by atoms with Gasteiger partial charge in [-0.15, -0.1) is 0 Å². The van der Waals surface area contributed by atoms with Crippen molar-refractivity contribution in [2.24, 2.45) is 0 Å². The zero-order valence-corrected chi connectivity index (χ0v) is 14.7. The van der Waals surface area contributed by atoms with Crippen LogP contribution in [0.25, 0.3) is 0 Å². The van der Waals surface area contributed by atoms with Gasteiger partial charge in [-0.25, -0.2) is 0 Å². The molecule has 3 rings (SSSR count). The maximum absolute atomic E-state index is 6.35. The molecular formula is C16H22BrClN2O. The van der Waals surface area contributed by atoms with E-state index in [-0.39, 0.29) is 6.10 Å². The van der Waals surface area contributed by atoms with Crippen molar-refractivity contribution in [2.75, 3.05) is 26.7 Å². The van der Waals surface area contributed by atoms with E-state index in [0.29, 0.717) is 12.1 Å². The molecule has 3 atom stereocenters. The predicted molar refractivity (Wildman–Crippen MR) is 90.0 cm³/mol. The molecule has 21 heavy (non-hydrogen) atoms. The van der Waals surface area contributed by atoms with Crippen LogP contribution < -0.4 is 5.32 Å². The summed E-state index contributed by atoms with van der Waals surface area (Å²) in [5, 5.41) is 4.24. The van der Waals surface area contributed by atoms with Gasteiger partial charge in [0.15, 0.2) is 0 Å². The second-order valence-electron chi connectivity index (χ2n) is 6.00. The van der Waals surface area contributed by atoms with Crippen molar-refractivity contribution in [2.45, 2.75) is 37.5 Å². The number of morpholine rings is 1. The number of hydrogen-bond acceptors (Lipinski definition) is 3. The SMILES string of the molecule is CNC(Cc1ccc(Br)cc1Cl)C1CN2CCCC2CO1. The van der Waals surface area contributed by atoms with Gasteiger partial charge in [-0.05, 0) is 50.6 Å². The zero-order valence-electron chi connectivity index (χ0n) is 12.3. The molecule has 2 saturated heterocycles.